The topological polar surface area (TPSA) is 69.1 Å². The smallest absolute Gasteiger partial charge is 0.248 e. The van der Waals surface area contributed by atoms with Crippen LogP contribution in [0.3, 0.4) is 0 Å². The minimum Gasteiger partial charge on any atom is -0.396 e. The summed E-state index contributed by atoms with van der Waals surface area (Å²) in [7, 11) is 0. The Morgan fingerprint density at radius 1 is 1.00 bits per heavy atom. The molecule has 0 aliphatic heterocycles. The number of carbonyl (C=O) groups is 1. The summed E-state index contributed by atoms with van der Waals surface area (Å²) in [6.45, 7) is 0. The summed E-state index contributed by atoms with van der Waals surface area (Å²) in [6, 6.07) is 11.2. The molecule has 0 bridgehead atoms. The number of anilines is 1. The Kier molecular flexibility index (Phi) is 2.78. The molecule has 0 saturated heterocycles. The normalized spacial score (nSPS) is 10.2. The van der Waals surface area contributed by atoms with E-state index in [-0.39, 0.29) is 5.69 Å². The molecule has 0 radical (unpaired) electrons. The number of carbonyl (C=O) groups excluding carboxylic acids is 1. The highest BCUT2D eigenvalue weighted by atomic mass is 19.1. The molecule has 0 aromatic heterocycles. The van der Waals surface area contributed by atoms with Gasteiger partial charge in [0.15, 0.2) is 0 Å². The van der Waals surface area contributed by atoms with E-state index < -0.39 is 11.7 Å². The Bertz CT molecular complexity index is 564. The molecule has 0 fully saturated rings. The van der Waals surface area contributed by atoms with Gasteiger partial charge in [0.25, 0.3) is 0 Å². The predicted molar refractivity (Wildman–Crippen MR) is 64.8 cm³/mol. The SMILES string of the molecule is NC(=O)c1ccc(-c2ccc(F)c(N)c2)cc1. The Morgan fingerprint density at radius 3 is 2.12 bits per heavy atom. The number of primary amides is 1. The molecule has 2 rings (SSSR count). The summed E-state index contributed by atoms with van der Waals surface area (Å²) >= 11 is 0. The largest absolute Gasteiger partial charge is 0.396 e. The third kappa shape index (κ3) is 2.25. The summed E-state index contributed by atoms with van der Waals surface area (Å²) in [6.07, 6.45) is 0. The maximum atomic E-state index is 13.0. The number of nitrogen functional groups attached to an aromatic ring is 1. The van der Waals surface area contributed by atoms with Crippen LogP contribution in [-0.4, -0.2) is 5.91 Å². The number of hydrogen-bond acceptors (Lipinski definition) is 2. The molecule has 4 N–H and O–H groups in total. The van der Waals surface area contributed by atoms with Gasteiger partial charge in [0.2, 0.25) is 5.91 Å². The van der Waals surface area contributed by atoms with Crippen LogP contribution in [0.1, 0.15) is 10.4 Å². The van der Waals surface area contributed by atoms with Gasteiger partial charge in [-0.05, 0) is 35.4 Å². The highest BCUT2D eigenvalue weighted by Crippen LogP contribution is 2.23. The van der Waals surface area contributed by atoms with Gasteiger partial charge < -0.3 is 11.5 Å². The van der Waals surface area contributed by atoms with E-state index in [1.54, 1.807) is 36.4 Å². The van der Waals surface area contributed by atoms with Crippen molar-refractivity contribution in [3.8, 4) is 11.1 Å². The van der Waals surface area contributed by atoms with Gasteiger partial charge >= 0.3 is 0 Å². The fraction of sp³-hybridized carbons (Fsp3) is 0. The molecule has 0 heterocycles. The van der Waals surface area contributed by atoms with Crippen LogP contribution >= 0.6 is 0 Å². The lowest BCUT2D eigenvalue weighted by atomic mass is 10.0. The number of rotatable bonds is 2. The van der Waals surface area contributed by atoms with Gasteiger partial charge in [-0.15, -0.1) is 0 Å². The zero-order chi connectivity index (χ0) is 12.4. The Labute approximate surface area is 97.9 Å². The third-order valence-corrected chi connectivity index (χ3v) is 2.50. The summed E-state index contributed by atoms with van der Waals surface area (Å²) in [5.41, 5.74) is 12.8. The van der Waals surface area contributed by atoms with Gasteiger partial charge in [-0.2, -0.15) is 0 Å². The van der Waals surface area contributed by atoms with Crippen LogP contribution in [0.15, 0.2) is 42.5 Å². The number of benzene rings is 2. The molecule has 0 unspecified atom stereocenters. The van der Waals surface area contributed by atoms with Crippen molar-refractivity contribution in [1.29, 1.82) is 0 Å². The van der Waals surface area contributed by atoms with Gasteiger partial charge in [-0.25, -0.2) is 4.39 Å². The fourth-order valence-electron chi connectivity index (χ4n) is 1.55. The first-order valence-corrected chi connectivity index (χ1v) is 5.03. The molecule has 86 valence electrons. The van der Waals surface area contributed by atoms with E-state index >= 15 is 0 Å². The molecule has 4 heteroatoms. The average molecular weight is 230 g/mol. The van der Waals surface area contributed by atoms with Crippen LogP contribution < -0.4 is 11.5 Å². The second-order valence-corrected chi connectivity index (χ2v) is 3.68. The average Bonchev–Trinajstić information content (AvgIpc) is 2.33. The zero-order valence-electron chi connectivity index (χ0n) is 8.98. The van der Waals surface area contributed by atoms with Crippen molar-refractivity contribution in [1.82, 2.24) is 0 Å². The van der Waals surface area contributed by atoms with Crippen molar-refractivity contribution in [3.05, 3.63) is 53.8 Å². The van der Waals surface area contributed by atoms with Crippen LogP contribution in [0.25, 0.3) is 11.1 Å². The number of amides is 1. The molecule has 17 heavy (non-hydrogen) atoms. The third-order valence-electron chi connectivity index (χ3n) is 2.50. The van der Waals surface area contributed by atoms with Crippen LogP contribution in [-0.2, 0) is 0 Å². The number of nitrogens with two attached hydrogens (primary N) is 2. The van der Waals surface area contributed by atoms with Crippen molar-refractivity contribution in [2.75, 3.05) is 5.73 Å². The van der Waals surface area contributed by atoms with Crippen molar-refractivity contribution in [2.24, 2.45) is 5.73 Å². The molecule has 2 aromatic rings. The predicted octanol–water partition coefficient (Wildman–Crippen LogP) is 2.17. The first-order chi connectivity index (χ1) is 8.08. The monoisotopic (exact) mass is 230 g/mol. The van der Waals surface area contributed by atoms with Crippen LogP contribution in [0, 0.1) is 5.82 Å². The van der Waals surface area contributed by atoms with E-state index in [1.807, 2.05) is 0 Å². The van der Waals surface area contributed by atoms with Crippen molar-refractivity contribution >= 4 is 11.6 Å². The number of hydrogen-bond donors (Lipinski definition) is 2. The molecule has 3 nitrogen and oxygen atoms in total. The Morgan fingerprint density at radius 2 is 1.59 bits per heavy atom. The molecule has 0 atom stereocenters. The van der Waals surface area contributed by atoms with Gasteiger partial charge in [0.05, 0.1) is 5.69 Å². The molecular weight excluding hydrogens is 219 g/mol. The minimum absolute atomic E-state index is 0.0986. The molecule has 2 aromatic carbocycles. The second-order valence-electron chi connectivity index (χ2n) is 3.68. The molecule has 0 aliphatic rings. The summed E-state index contributed by atoms with van der Waals surface area (Å²) < 4.78 is 13.0. The minimum atomic E-state index is -0.477. The van der Waals surface area contributed by atoms with Crippen molar-refractivity contribution in [3.63, 3.8) is 0 Å². The first-order valence-electron chi connectivity index (χ1n) is 5.03. The van der Waals surface area contributed by atoms with E-state index in [0.717, 1.165) is 11.1 Å². The first kappa shape index (κ1) is 11.1. The number of halogens is 1. The Balaban J connectivity index is 2.39. The van der Waals surface area contributed by atoms with E-state index in [4.69, 9.17) is 11.5 Å². The lowest BCUT2D eigenvalue weighted by molar-refractivity contribution is 0.100. The van der Waals surface area contributed by atoms with Crippen LogP contribution in [0.4, 0.5) is 10.1 Å². The summed E-state index contributed by atoms with van der Waals surface area (Å²) in [5.74, 6) is -0.919. The molecule has 0 saturated carbocycles. The summed E-state index contributed by atoms with van der Waals surface area (Å²) in [5, 5.41) is 0. The molecular formula is C13H11FN2O. The van der Waals surface area contributed by atoms with Crippen molar-refractivity contribution in [2.45, 2.75) is 0 Å². The molecule has 1 amide bonds. The van der Waals surface area contributed by atoms with E-state index in [0.29, 0.717) is 5.56 Å². The zero-order valence-corrected chi connectivity index (χ0v) is 8.98. The lowest BCUT2D eigenvalue weighted by Gasteiger charge is -2.04. The highest BCUT2D eigenvalue weighted by Gasteiger charge is 2.04. The molecule has 0 spiro atoms. The van der Waals surface area contributed by atoms with Gasteiger partial charge in [-0.1, -0.05) is 18.2 Å². The molecule has 0 aliphatic carbocycles. The fourth-order valence-corrected chi connectivity index (χ4v) is 1.55. The van der Waals surface area contributed by atoms with Gasteiger partial charge in [0, 0.05) is 5.56 Å². The quantitative estimate of drug-likeness (QED) is 0.776. The van der Waals surface area contributed by atoms with E-state index in [9.17, 15) is 9.18 Å². The van der Waals surface area contributed by atoms with Crippen LogP contribution in [0.5, 0.6) is 0 Å². The maximum absolute atomic E-state index is 13.0. The van der Waals surface area contributed by atoms with E-state index in [2.05, 4.69) is 0 Å². The Hall–Kier alpha value is -2.36. The van der Waals surface area contributed by atoms with Crippen LogP contribution in [0.2, 0.25) is 0 Å². The second kappa shape index (κ2) is 4.25. The summed E-state index contributed by atoms with van der Waals surface area (Å²) in [4.78, 5) is 10.9. The van der Waals surface area contributed by atoms with Gasteiger partial charge in [-0.3, -0.25) is 4.79 Å². The van der Waals surface area contributed by atoms with Crippen molar-refractivity contribution < 1.29 is 9.18 Å². The standard InChI is InChI=1S/C13H11FN2O/c14-11-6-5-10(7-12(11)15)8-1-3-9(4-2-8)13(16)17/h1-7H,15H2,(H2,16,17). The maximum Gasteiger partial charge on any atom is 0.248 e. The van der Waals surface area contributed by atoms with E-state index in [1.165, 1.54) is 6.07 Å². The highest BCUT2D eigenvalue weighted by molar-refractivity contribution is 5.93. The van der Waals surface area contributed by atoms with Gasteiger partial charge in [0.1, 0.15) is 5.82 Å². The lowest BCUT2D eigenvalue weighted by Crippen LogP contribution is -2.10.